The molecule has 0 spiro atoms. The first-order valence-corrected chi connectivity index (χ1v) is 8.86. The van der Waals surface area contributed by atoms with Crippen molar-refractivity contribution in [1.29, 1.82) is 0 Å². The van der Waals surface area contributed by atoms with Gasteiger partial charge in [0.2, 0.25) is 0 Å². The predicted molar refractivity (Wildman–Crippen MR) is 92.3 cm³/mol. The second-order valence-corrected chi connectivity index (χ2v) is 7.79. The van der Waals surface area contributed by atoms with Gasteiger partial charge in [0.15, 0.2) is 0 Å². The maximum atomic E-state index is 15.1. The van der Waals surface area contributed by atoms with Gasteiger partial charge in [-0.2, -0.15) is 0 Å². The molecule has 2 unspecified atom stereocenters. The number of hydrogen-bond donors (Lipinski definition) is 3. The van der Waals surface area contributed by atoms with E-state index >= 15 is 4.39 Å². The van der Waals surface area contributed by atoms with Gasteiger partial charge in [0, 0.05) is 29.2 Å². The first-order valence-electron chi connectivity index (χ1n) is 8.86. The maximum Gasteiger partial charge on any atom is 0.337 e. The Morgan fingerprint density at radius 1 is 1.35 bits per heavy atom. The van der Waals surface area contributed by atoms with Crippen molar-refractivity contribution in [2.75, 3.05) is 0 Å². The summed E-state index contributed by atoms with van der Waals surface area (Å²) in [5.74, 6) is -2.65. The van der Waals surface area contributed by atoms with Crippen molar-refractivity contribution in [3.8, 4) is 0 Å². The van der Waals surface area contributed by atoms with Crippen LogP contribution in [0.3, 0.4) is 0 Å². The van der Waals surface area contributed by atoms with Crippen molar-refractivity contribution >= 4 is 5.97 Å². The van der Waals surface area contributed by atoms with E-state index in [1.54, 1.807) is 12.2 Å². The van der Waals surface area contributed by atoms with E-state index in [4.69, 9.17) is 0 Å². The van der Waals surface area contributed by atoms with E-state index in [0.29, 0.717) is 12.0 Å². The van der Waals surface area contributed by atoms with Crippen LogP contribution in [0.5, 0.6) is 0 Å². The number of rotatable bonds is 3. The van der Waals surface area contributed by atoms with Gasteiger partial charge in [-0.1, -0.05) is 25.2 Å². The zero-order valence-corrected chi connectivity index (χ0v) is 14.5. The zero-order chi connectivity index (χ0) is 18.7. The first-order chi connectivity index (χ1) is 12.3. The van der Waals surface area contributed by atoms with Crippen molar-refractivity contribution < 1.29 is 23.8 Å². The Hall–Kier alpha value is -2.21. The largest absolute Gasteiger partial charge is 0.478 e. The highest BCUT2D eigenvalue weighted by Crippen LogP contribution is 2.52. The third-order valence-corrected chi connectivity index (χ3v) is 6.32. The van der Waals surface area contributed by atoms with Crippen LogP contribution in [-0.2, 0) is 4.79 Å². The average molecular weight is 361 g/mol. The van der Waals surface area contributed by atoms with Crippen molar-refractivity contribution in [2.45, 2.75) is 50.7 Å². The summed E-state index contributed by atoms with van der Waals surface area (Å²) in [6, 6.07) is -0.682. The van der Waals surface area contributed by atoms with E-state index < -0.39 is 34.7 Å². The van der Waals surface area contributed by atoms with E-state index in [9.17, 15) is 19.4 Å². The summed E-state index contributed by atoms with van der Waals surface area (Å²) in [5, 5.41) is 22.7. The Morgan fingerprint density at radius 2 is 2.08 bits per heavy atom. The lowest BCUT2D eigenvalue weighted by Gasteiger charge is -2.50. The molecule has 0 bridgehead atoms. The van der Waals surface area contributed by atoms with Gasteiger partial charge in [-0.3, -0.25) is 0 Å². The number of hydrogen-bond acceptors (Lipinski definition) is 3. The van der Waals surface area contributed by atoms with E-state index in [1.165, 1.54) is 6.20 Å². The summed E-state index contributed by atoms with van der Waals surface area (Å²) in [7, 11) is 0. The van der Waals surface area contributed by atoms with Gasteiger partial charge in [-0.25, -0.2) is 13.6 Å². The third kappa shape index (κ3) is 2.31. The monoisotopic (exact) mass is 361 g/mol. The summed E-state index contributed by atoms with van der Waals surface area (Å²) < 4.78 is 29.7. The number of fused-ring (bicyclic) bond motifs is 1. The number of carbonyl (C=O) groups is 1. The molecule has 6 heteroatoms. The molecule has 4 nitrogen and oxygen atoms in total. The SMILES string of the molecule is CC1(C2(O)CCC2)C=CC(C2=C(F)CC3NC=C(C(=O)O)C3=C2F)=CC1. The van der Waals surface area contributed by atoms with Crippen LogP contribution in [0, 0.1) is 5.41 Å². The molecule has 0 aromatic rings. The van der Waals surface area contributed by atoms with Crippen LogP contribution in [0.4, 0.5) is 8.78 Å². The molecule has 0 aromatic heterocycles. The Labute approximate surface area is 150 Å². The van der Waals surface area contributed by atoms with Gasteiger partial charge in [-0.05, 0) is 31.3 Å². The fourth-order valence-corrected chi connectivity index (χ4v) is 4.31. The minimum Gasteiger partial charge on any atom is -0.478 e. The minimum atomic E-state index is -1.24. The van der Waals surface area contributed by atoms with Crippen LogP contribution in [0.2, 0.25) is 0 Å². The predicted octanol–water partition coefficient (Wildman–Crippen LogP) is 3.59. The minimum absolute atomic E-state index is 0.00848. The lowest BCUT2D eigenvalue weighted by Crippen LogP contribution is -2.51. The number of aliphatic hydroxyl groups is 1. The first kappa shape index (κ1) is 17.2. The number of aliphatic carboxylic acids is 1. The molecule has 26 heavy (non-hydrogen) atoms. The number of halogens is 2. The van der Waals surface area contributed by atoms with Crippen LogP contribution in [0.1, 0.15) is 39.0 Å². The third-order valence-electron chi connectivity index (χ3n) is 6.32. The van der Waals surface area contributed by atoms with Gasteiger partial charge < -0.3 is 15.5 Å². The standard InChI is InChI=1S/C20H21F2NO3/c1-19(20(26)5-2-6-20)7-3-11(4-8-19)15-13(21)9-14-16(17(15)22)12(10-23-14)18(24)25/h3-4,7,10,14,23,26H,2,5-6,8-9H2,1H3,(H,24,25). The lowest BCUT2D eigenvalue weighted by atomic mass is 9.59. The van der Waals surface area contributed by atoms with Crippen LogP contribution >= 0.6 is 0 Å². The van der Waals surface area contributed by atoms with Crippen molar-refractivity contribution in [2.24, 2.45) is 5.41 Å². The molecule has 4 rings (SSSR count). The van der Waals surface area contributed by atoms with Gasteiger partial charge >= 0.3 is 5.97 Å². The van der Waals surface area contributed by atoms with Crippen LogP contribution in [-0.4, -0.2) is 27.8 Å². The van der Waals surface area contributed by atoms with Gasteiger partial charge in [0.25, 0.3) is 0 Å². The molecule has 4 aliphatic rings. The Morgan fingerprint density at radius 3 is 2.62 bits per heavy atom. The fraction of sp³-hybridized carbons (Fsp3) is 0.450. The summed E-state index contributed by atoms with van der Waals surface area (Å²) in [4.78, 5) is 11.3. The lowest BCUT2D eigenvalue weighted by molar-refractivity contribution is -0.132. The van der Waals surface area contributed by atoms with E-state index in [2.05, 4.69) is 5.32 Å². The molecule has 3 N–H and O–H groups in total. The van der Waals surface area contributed by atoms with Crippen LogP contribution in [0.15, 0.2) is 58.4 Å². The Bertz CT molecular complexity index is 845. The van der Waals surface area contributed by atoms with Crippen molar-refractivity contribution in [3.63, 3.8) is 0 Å². The normalized spacial score (nSPS) is 32.5. The topological polar surface area (TPSA) is 69.6 Å². The number of carboxylic acids is 1. The van der Waals surface area contributed by atoms with E-state index in [1.807, 2.05) is 13.0 Å². The number of allylic oxidation sites excluding steroid dienone is 5. The second-order valence-electron chi connectivity index (χ2n) is 7.79. The zero-order valence-electron chi connectivity index (χ0n) is 14.5. The molecule has 1 heterocycles. The molecule has 0 radical (unpaired) electrons. The Balaban J connectivity index is 1.67. The van der Waals surface area contributed by atoms with Gasteiger partial charge in [0.1, 0.15) is 11.7 Å². The summed E-state index contributed by atoms with van der Waals surface area (Å²) in [6.45, 7) is 1.96. The fourth-order valence-electron chi connectivity index (χ4n) is 4.31. The molecular formula is C20H21F2NO3. The summed E-state index contributed by atoms with van der Waals surface area (Å²) in [6.07, 6.45) is 9.31. The van der Waals surface area contributed by atoms with E-state index in [-0.39, 0.29) is 23.1 Å². The van der Waals surface area contributed by atoms with Crippen molar-refractivity contribution in [1.82, 2.24) is 5.32 Å². The molecule has 138 valence electrons. The molecule has 3 aliphatic carbocycles. The molecule has 1 aliphatic heterocycles. The molecule has 0 saturated heterocycles. The molecule has 2 atom stereocenters. The smallest absolute Gasteiger partial charge is 0.337 e. The second kappa shape index (κ2) is 5.64. The average Bonchev–Trinajstić information content (AvgIpc) is 2.98. The van der Waals surface area contributed by atoms with Gasteiger partial charge in [-0.15, -0.1) is 0 Å². The highest BCUT2D eigenvalue weighted by atomic mass is 19.1. The highest BCUT2D eigenvalue weighted by molar-refractivity contribution is 5.94. The molecule has 1 saturated carbocycles. The van der Waals surface area contributed by atoms with Crippen molar-refractivity contribution in [3.05, 3.63) is 58.4 Å². The number of nitrogens with one attached hydrogen (secondary N) is 1. The quantitative estimate of drug-likeness (QED) is 0.719. The molecule has 0 amide bonds. The summed E-state index contributed by atoms with van der Waals surface area (Å²) in [5.41, 5.74) is -1.12. The van der Waals surface area contributed by atoms with Gasteiger partial charge in [0.05, 0.1) is 17.2 Å². The molecule has 1 fully saturated rings. The number of carboxylic acid groups (broad SMARTS) is 1. The molecular weight excluding hydrogens is 340 g/mol. The highest BCUT2D eigenvalue weighted by Gasteiger charge is 2.49. The van der Waals surface area contributed by atoms with Crippen LogP contribution in [0.25, 0.3) is 0 Å². The molecule has 0 aromatic carbocycles. The summed E-state index contributed by atoms with van der Waals surface area (Å²) >= 11 is 0. The van der Waals surface area contributed by atoms with Crippen LogP contribution < -0.4 is 5.32 Å². The maximum absolute atomic E-state index is 15.1. The van der Waals surface area contributed by atoms with E-state index in [0.717, 1.165) is 19.3 Å². The Kier molecular flexibility index (Phi) is 3.74.